The Morgan fingerprint density at radius 3 is 2.63 bits per heavy atom. The summed E-state index contributed by atoms with van der Waals surface area (Å²) in [4.78, 5) is 3.61. The van der Waals surface area contributed by atoms with Crippen LogP contribution in [-0.2, 0) is 19.3 Å². The van der Waals surface area contributed by atoms with Crippen molar-refractivity contribution in [2.75, 3.05) is 20.8 Å². The molecule has 1 unspecified atom stereocenters. The highest BCUT2D eigenvalue weighted by molar-refractivity contribution is 6.35. The van der Waals surface area contributed by atoms with Crippen LogP contribution in [0.4, 0.5) is 0 Å². The lowest BCUT2D eigenvalue weighted by molar-refractivity contribution is 0.354. The van der Waals surface area contributed by atoms with Crippen LogP contribution < -0.4 is 14.8 Å². The third kappa shape index (κ3) is 3.28. The summed E-state index contributed by atoms with van der Waals surface area (Å²) in [5, 5.41) is 5.73. The van der Waals surface area contributed by atoms with Crippen LogP contribution in [-0.4, -0.2) is 25.7 Å². The molecule has 0 spiro atoms. The molecule has 0 saturated heterocycles. The number of aromatic amines is 1. The van der Waals surface area contributed by atoms with Crippen molar-refractivity contribution >= 4 is 22.5 Å². The van der Waals surface area contributed by atoms with Crippen molar-refractivity contribution in [1.29, 1.82) is 0 Å². The summed E-state index contributed by atoms with van der Waals surface area (Å²) in [6.45, 7) is 3.13. The maximum absolute atomic E-state index is 6.56. The van der Waals surface area contributed by atoms with Gasteiger partial charge in [0, 0.05) is 11.1 Å². The maximum atomic E-state index is 6.56. The van der Waals surface area contributed by atoms with Crippen molar-refractivity contribution in [3.05, 3.63) is 57.7 Å². The molecule has 0 saturated carbocycles. The smallest absolute Gasteiger partial charge is 0.160 e. The van der Waals surface area contributed by atoms with Gasteiger partial charge < -0.3 is 19.8 Å². The lowest BCUT2D eigenvalue weighted by atomic mass is 9.94. The Balaban J connectivity index is 1.71. The van der Waals surface area contributed by atoms with Crippen LogP contribution in [0, 0.1) is 0 Å². The van der Waals surface area contributed by atoms with Crippen LogP contribution in [0.5, 0.6) is 11.5 Å². The Labute approximate surface area is 164 Å². The van der Waals surface area contributed by atoms with Crippen molar-refractivity contribution in [3.63, 3.8) is 0 Å². The first kappa shape index (κ1) is 18.2. The number of hydrogen-bond acceptors (Lipinski definition) is 3. The second kappa shape index (κ2) is 7.45. The zero-order chi connectivity index (χ0) is 19.0. The lowest BCUT2D eigenvalue weighted by Gasteiger charge is -2.25. The third-order valence-electron chi connectivity index (χ3n) is 5.47. The SMILES string of the molecule is CCc1cc(Cl)c2[nH]c3c(c2c1)CCNC3Cc1ccc(OC)c(OC)c1. The number of hydrogen-bond donors (Lipinski definition) is 2. The molecular weight excluding hydrogens is 360 g/mol. The van der Waals surface area contributed by atoms with Crippen LogP contribution in [0.25, 0.3) is 10.9 Å². The molecule has 27 heavy (non-hydrogen) atoms. The summed E-state index contributed by atoms with van der Waals surface area (Å²) in [6.07, 6.45) is 2.88. The van der Waals surface area contributed by atoms with Crippen molar-refractivity contribution in [1.82, 2.24) is 10.3 Å². The number of methoxy groups -OCH3 is 2. The van der Waals surface area contributed by atoms with Gasteiger partial charge in [-0.1, -0.05) is 24.6 Å². The fourth-order valence-electron chi connectivity index (χ4n) is 4.04. The summed E-state index contributed by atoms with van der Waals surface area (Å²) in [6, 6.07) is 10.7. The van der Waals surface area contributed by atoms with Gasteiger partial charge in [0.2, 0.25) is 0 Å². The third-order valence-corrected chi connectivity index (χ3v) is 5.77. The minimum absolute atomic E-state index is 0.223. The molecular formula is C22H25ClN2O2. The topological polar surface area (TPSA) is 46.3 Å². The van der Waals surface area contributed by atoms with E-state index in [2.05, 4.69) is 41.5 Å². The van der Waals surface area contributed by atoms with E-state index in [-0.39, 0.29) is 6.04 Å². The minimum atomic E-state index is 0.223. The number of halogens is 1. The van der Waals surface area contributed by atoms with Crippen LogP contribution >= 0.6 is 11.6 Å². The molecule has 4 nitrogen and oxygen atoms in total. The monoisotopic (exact) mass is 384 g/mol. The average Bonchev–Trinajstić information content (AvgIpc) is 3.08. The maximum Gasteiger partial charge on any atom is 0.160 e. The predicted octanol–water partition coefficient (Wildman–Crippen LogP) is 4.83. The molecule has 2 aromatic carbocycles. The number of ether oxygens (including phenoxy) is 2. The van der Waals surface area contributed by atoms with Gasteiger partial charge >= 0.3 is 0 Å². The Bertz CT molecular complexity index is 980. The largest absolute Gasteiger partial charge is 0.493 e. The molecule has 5 heteroatoms. The van der Waals surface area contributed by atoms with Gasteiger partial charge in [0.1, 0.15) is 0 Å². The molecule has 0 fully saturated rings. The number of benzene rings is 2. The number of fused-ring (bicyclic) bond motifs is 3. The van der Waals surface area contributed by atoms with Gasteiger partial charge in [-0.3, -0.25) is 0 Å². The number of aromatic nitrogens is 1. The highest BCUT2D eigenvalue weighted by Crippen LogP contribution is 2.36. The van der Waals surface area contributed by atoms with E-state index in [1.165, 1.54) is 27.8 Å². The van der Waals surface area contributed by atoms with Gasteiger partial charge in [-0.15, -0.1) is 0 Å². The molecule has 1 aliphatic rings. The van der Waals surface area contributed by atoms with E-state index in [4.69, 9.17) is 21.1 Å². The van der Waals surface area contributed by atoms with E-state index in [1.807, 2.05) is 6.07 Å². The van der Waals surface area contributed by atoms with E-state index in [9.17, 15) is 0 Å². The Hall–Kier alpha value is -2.17. The van der Waals surface area contributed by atoms with Crippen LogP contribution in [0.15, 0.2) is 30.3 Å². The number of nitrogens with one attached hydrogen (secondary N) is 2. The fraction of sp³-hybridized carbons (Fsp3) is 0.364. The molecule has 3 aromatic rings. The van der Waals surface area contributed by atoms with Crippen LogP contribution in [0.1, 0.15) is 35.3 Å². The average molecular weight is 385 g/mol. The molecule has 142 valence electrons. The Kier molecular flexibility index (Phi) is 5.02. The number of rotatable bonds is 5. The van der Waals surface area contributed by atoms with Crippen LogP contribution in [0.3, 0.4) is 0 Å². The van der Waals surface area contributed by atoms with Gasteiger partial charge in [0.05, 0.1) is 30.8 Å². The Morgan fingerprint density at radius 2 is 1.89 bits per heavy atom. The summed E-state index contributed by atoms with van der Waals surface area (Å²) in [5.41, 5.74) is 6.19. The second-order valence-electron chi connectivity index (χ2n) is 7.02. The summed E-state index contributed by atoms with van der Waals surface area (Å²) in [5.74, 6) is 1.52. The Morgan fingerprint density at radius 1 is 1.07 bits per heavy atom. The van der Waals surface area contributed by atoms with Gasteiger partial charge in [-0.25, -0.2) is 0 Å². The molecule has 2 heterocycles. The molecule has 1 aromatic heterocycles. The molecule has 2 N–H and O–H groups in total. The second-order valence-corrected chi connectivity index (χ2v) is 7.43. The molecule has 0 radical (unpaired) electrons. The van der Waals surface area contributed by atoms with Gasteiger partial charge in [0.15, 0.2) is 11.5 Å². The summed E-state index contributed by atoms with van der Waals surface area (Å²) < 4.78 is 10.8. The first-order chi connectivity index (χ1) is 13.1. The minimum Gasteiger partial charge on any atom is -0.493 e. The zero-order valence-electron chi connectivity index (χ0n) is 16.0. The zero-order valence-corrected chi connectivity index (χ0v) is 16.7. The first-order valence-electron chi connectivity index (χ1n) is 9.41. The van der Waals surface area contributed by atoms with E-state index < -0.39 is 0 Å². The molecule has 0 aliphatic carbocycles. The van der Waals surface area contributed by atoms with E-state index in [1.54, 1.807) is 14.2 Å². The molecule has 4 rings (SSSR count). The normalized spacial score (nSPS) is 16.4. The molecule has 1 aliphatic heterocycles. The highest BCUT2D eigenvalue weighted by Gasteiger charge is 2.25. The first-order valence-corrected chi connectivity index (χ1v) is 9.79. The summed E-state index contributed by atoms with van der Waals surface area (Å²) in [7, 11) is 3.33. The van der Waals surface area contributed by atoms with Crippen molar-refractivity contribution in [2.24, 2.45) is 0 Å². The van der Waals surface area contributed by atoms with Gasteiger partial charge in [-0.2, -0.15) is 0 Å². The summed E-state index contributed by atoms with van der Waals surface area (Å²) >= 11 is 6.56. The van der Waals surface area contributed by atoms with E-state index in [0.717, 1.165) is 47.8 Å². The van der Waals surface area contributed by atoms with Crippen LogP contribution in [0.2, 0.25) is 5.02 Å². The highest BCUT2D eigenvalue weighted by atomic mass is 35.5. The standard InChI is InChI=1S/C22H25ClN2O2/c1-4-13-9-16-15-7-8-24-18(22(15)25-21(16)17(23)10-13)11-14-5-6-19(26-2)20(12-14)27-3/h5-6,9-10,12,18,24-25H,4,7-8,11H2,1-3H3. The fourth-order valence-corrected chi connectivity index (χ4v) is 4.33. The van der Waals surface area contributed by atoms with E-state index >= 15 is 0 Å². The van der Waals surface area contributed by atoms with Gasteiger partial charge in [0.25, 0.3) is 0 Å². The number of H-pyrrole nitrogens is 1. The molecule has 1 atom stereocenters. The van der Waals surface area contributed by atoms with E-state index in [0.29, 0.717) is 0 Å². The molecule has 0 amide bonds. The van der Waals surface area contributed by atoms with Crippen molar-refractivity contribution < 1.29 is 9.47 Å². The number of aryl methyl sites for hydroxylation is 1. The quantitative estimate of drug-likeness (QED) is 0.662. The van der Waals surface area contributed by atoms with Gasteiger partial charge in [-0.05, 0) is 66.8 Å². The van der Waals surface area contributed by atoms with Crippen molar-refractivity contribution in [3.8, 4) is 11.5 Å². The van der Waals surface area contributed by atoms with Crippen molar-refractivity contribution in [2.45, 2.75) is 32.2 Å². The predicted molar refractivity (Wildman–Crippen MR) is 110 cm³/mol. The lowest BCUT2D eigenvalue weighted by Crippen LogP contribution is -2.31. The molecule has 0 bridgehead atoms.